The van der Waals surface area contributed by atoms with E-state index in [2.05, 4.69) is 66.5 Å². The molecule has 2 aromatic carbocycles. The molecule has 0 amide bonds. The van der Waals surface area contributed by atoms with Gasteiger partial charge in [-0.15, -0.1) is 0 Å². The summed E-state index contributed by atoms with van der Waals surface area (Å²) in [5.74, 6) is 0. The van der Waals surface area contributed by atoms with Crippen LogP contribution in [0.5, 0.6) is 0 Å². The maximum Gasteiger partial charge on any atom is 0.0705 e. The van der Waals surface area contributed by atoms with Crippen molar-refractivity contribution < 1.29 is 0 Å². The molecular formula is C20H16N2. The summed E-state index contributed by atoms with van der Waals surface area (Å²) < 4.78 is 0. The van der Waals surface area contributed by atoms with Gasteiger partial charge in [0.15, 0.2) is 0 Å². The fourth-order valence-electron chi connectivity index (χ4n) is 2.82. The third-order valence-corrected chi connectivity index (χ3v) is 3.96. The molecule has 0 aliphatic carbocycles. The first-order valence-electron chi connectivity index (χ1n) is 7.48. The Morgan fingerprint density at radius 2 is 1.73 bits per heavy atom. The highest BCUT2D eigenvalue weighted by Crippen LogP contribution is 2.18. The van der Waals surface area contributed by atoms with Crippen molar-refractivity contribution >= 4 is 21.8 Å². The van der Waals surface area contributed by atoms with Gasteiger partial charge >= 0.3 is 0 Å². The minimum Gasteiger partial charge on any atom is -0.256 e. The Morgan fingerprint density at radius 3 is 2.68 bits per heavy atom. The first kappa shape index (κ1) is 13.0. The zero-order valence-corrected chi connectivity index (χ0v) is 12.5. The van der Waals surface area contributed by atoms with Gasteiger partial charge in [0.2, 0.25) is 0 Å². The highest BCUT2D eigenvalue weighted by Gasteiger charge is 2.02. The van der Waals surface area contributed by atoms with Crippen molar-refractivity contribution in [3.63, 3.8) is 0 Å². The van der Waals surface area contributed by atoms with Crippen LogP contribution in [0, 0.1) is 6.92 Å². The molecule has 4 aromatic rings. The molecule has 0 atom stereocenters. The standard InChI is InChI=1S/C20H16N2/c1-14-4-9-19-17(11-14)7-8-18(22-19)12-15-5-6-16-3-2-10-21-20(16)13-15/h2-11,13H,12H2,1H3. The SMILES string of the molecule is Cc1ccc2nc(Cc3ccc4cccnc4c3)ccc2c1. The third kappa shape index (κ3) is 2.44. The first-order chi connectivity index (χ1) is 10.8. The van der Waals surface area contributed by atoms with Crippen LogP contribution in [-0.4, -0.2) is 9.97 Å². The van der Waals surface area contributed by atoms with Crippen LogP contribution in [-0.2, 0) is 6.42 Å². The van der Waals surface area contributed by atoms with Crippen LogP contribution in [0.15, 0.2) is 66.9 Å². The number of rotatable bonds is 2. The summed E-state index contributed by atoms with van der Waals surface area (Å²) in [6.45, 7) is 2.11. The first-order valence-corrected chi connectivity index (χ1v) is 7.48. The van der Waals surface area contributed by atoms with Gasteiger partial charge in [-0.3, -0.25) is 9.97 Å². The number of aryl methyl sites for hydroxylation is 1. The number of benzene rings is 2. The number of hydrogen-bond acceptors (Lipinski definition) is 2. The van der Waals surface area contributed by atoms with Crippen molar-refractivity contribution in [2.24, 2.45) is 0 Å². The van der Waals surface area contributed by atoms with Crippen LogP contribution in [0.2, 0.25) is 0 Å². The smallest absolute Gasteiger partial charge is 0.0705 e. The number of hydrogen-bond donors (Lipinski definition) is 0. The fraction of sp³-hybridized carbons (Fsp3) is 0.100. The van der Waals surface area contributed by atoms with Crippen LogP contribution in [0.3, 0.4) is 0 Å². The molecule has 0 aliphatic heterocycles. The quantitative estimate of drug-likeness (QED) is 0.534. The highest BCUT2D eigenvalue weighted by molar-refractivity contribution is 5.80. The summed E-state index contributed by atoms with van der Waals surface area (Å²) in [7, 11) is 0. The van der Waals surface area contributed by atoms with Crippen LogP contribution in [0.25, 0.3) is 21.8 Å². The van der Waals surface area contributed by atoms with Gasteiger partial charge in [0.25, 0.3) is 0 Å². The van der Waals surface area contributed by atoms with Crippen LogP contribution >= 0.6 is 0 Å². The van der Waals surface area contributed by atoms with Crippen LogP contribution in [0.1, 0.15) is 16.8 Å². The summed E-state index contributed by atoms with van der Waals surface area (Å²) in [6.07, 6.45) is 2.67. The predicted molar refractivity (Wildman–Crippen MR) is 91.0 cm³/mol. The van der Waals surface area contributed by atoms with E-state index < -0.39 is 0 Å². The molecule has 0 unspecified atom stereocenters. The second-order valence-corrected chi connectivity index (χ2v) is 5.71. The van der Waals surface area contributed by atoms with E-state index in [1.807, 2.05) is 12.3 Å². The topological polar surface area (TPSA) is 25.8 Å². The molecule has 106 valence electrons. The number of pyridine rings is 2. The second kappa shape index (κ2) is 5.23. The third-order valence-electron chi connectivity index (χ3n) is 3.96. The lowest BCUT2D eigenvalue weighted by Gasteiger charge is -2.05. The van der Waals surface area contributed by atoms with E-state index >= 15 is 0 Å². The number of fused-ring (bicyclic) bond motifs is 2. The van der Waals surface area contributed by atoms with Crippen LogP contribution in [0.4, 0.5) is 0 Å². The number of nitrogens with zero attached hydrogens (tertiary/aromatic N) is 2. The normalized spacial score (nSPS) is 11.1. The minimum atomic E-state index is 0.830. The molecule has 4 rings (SSSR count). The molecule has 2 heteroatoms. The molecule has 0 aliphatic rings. The molecule has 2 aromatic heterocycles. The molecule has 0 N–H and O–H groups in total. The lowest BCUT2D eigenvalue weighted by atomic mass is 10.1. The lowest BCUT2D eigenvalue weighted by molar-refractivity contribution is 1.10. The lowest BCUT2D eigenvalue weighted by Crippen LogP contribution is -1.93. The van der Waals surface area contributed by atoms with E-state index in [1.165, 1.54) is 21.9 Å². The Bertz CT molecular complexity index is 973. The van der Waals surface area contributed by atoms with Gasteiger partial charge in [-0.1, -0.05) is 35.9 Å². The molecule has 0 spiro atoms. The average molecular weight is 284 g/mol. The van der Waals surface area contributed by atoms with E-state index in [-0.39, 0.29) is 0 Å². The van der Waals surface area contributed by atoms with Crippen molar-refractivity contribution in [3.8, 4) is 0 Å². The van der Waals surface area contributed by atoms with Gasteiger partial charge in [0.1, 0.15) is 0 Å². The Labute approximate surface area is 129 Å². The molecule has 0 saturated heterocycles. The zero-order chi connectivity index (χ0) is 14.9. The monoisotopic (exact) mass is 284 g/mol. The largest absolute Gasteiger partial charge is 0.256 e. The van der Waals surface area contributed by atoms with Crippen molar-refractivity contribution in [1.29, 1.82) is 0 Å². The molecule has 0 bridgehead atoms. The molecule has 22 heavy (non-hydrogen) atoms. The van der Waals surface area contributed by atoms with E-state index in [0.717, 1.165) is 23.1 Å². The van der Waals surface area contributed by atoms with Gasteiger partial charge in [-0.25, -0.2) is 0 Å². The second-order valence-electron chi connectivity index (χ2n) is 5.71. The summed E-state index contributed by atoms with van der Waals surface area (Å²) in [5, 5.41) is 2.37. The summed E-state index contributed by atoms with van der Waals surface area (Å²) >= 11 is 0. The maximum atomic E-state index is 4.77. The Morgan fingerprint density at radius 1 is 0.818 bits per heavy atom. The minimum absolute atomic E-state index is 0.830. The van der Waals surface area contributed by atoms with E-state index in [9.17, 15) is 0 Å². The molecule has 2 heterocycles. The number of aromatic nitrogens is 2. The summed E-state index contributed by atoms with van der Waals surface area (Å²) in [5.41, 5.74) is 5.69. The van der Waals surface area contributed by atoms with Crippen molar-refractivity contribution in [1.82, 2.24) is 9.97 Å². The van der Waals surface area contributed by atoms with Gasteiger partial charge < -0.3 is 0 Å². The fourth-order valence-corrected chi connectivity index (χ4v) is 2.82. The Balaban J connectivity index is 1.70. The molecule has 0 saturated carbocycles. The Kier molecular flexibility index (Phi) is 3.08. The van der Waals surface area contributed by atoms with Gasteiger partial charge in [-0.2, -0.15) is 0 Å². The molecular weight excluding hydrogens is 268 g/mol. The van der Waals surface area contributed by atoms with E-state index in [4.69, 9.17) is 4.98 Å². The summed E-state index contributed by atoms with van der Waals surface area (Å²) in [4.78, 5) is 9.19. The van der Waals surface area contributed by atoms with Gasteiger partial charge in [-0.05, 0) is 42.8 Å². The van der Waals surface area contributed by atoms with Crippen molar-refractivity contribution in [2.45, 2.75) is 13.3 Å². The zero-order valence-electron chi connectivity index (χ0n) is 12.5. The maximum absolute atomic E-state index is 4.77. The van der Waals surface area contributed by atoms with Crippen molar-refractivity contribution in [3.05, 3.63) is 83.7 Å². The highest BCUT2D eigenvalue weighted by atomic mass is 14.7. The van der Waals surface area contributed by atoms with Crippen LogP contribution < -0.4 is 0 Å². The summed E-state index contributed by atoms with van der Waals surface area (Å²) in [6, 6.07) is 21.1. The van der Waals surface area contributed by atoms with Gasteiger partial charge in [0, 0.05) is 29.1 Å². The predicted octanol–water partition coefficient (Wildman–Crippen LogP) is 4.68. The molecule has 2 nitrogen and oxygen atoms in total. The Hall–Kier alpha value is -2.74. The van der Waals surface area contributed by atoms with E-state index in [0.29, 0.717) is 0 Å². The van der Waals surface area contributed by atoms with Crippen molar-refractivity contribution in [2.75, 3.05) is 0 Å². The van der Waals surface area contributed by atoms with Gasteiger partial charge in [0.05, 0.1) is 11.0 Å². The van der Waals surface area contributed by atoms with E-state index in [1.54, 1.807) is 0 Å². The average Bonchev–Trinajstić information content (AvgIpc) is 2.55. The molecule has 0 radical (unpaired) electrons. The molecule has 0 fully saturated rings.